The molecule has 1 N–H and O–H groups in total. The first-order chi connectivity index (χ1) is 16.0. The lowest BCUT2D eigenvalue weighted by molar-refractivity contribution is -0.194. The van der Waals surface area contributed by atoms with Crippen LogP contribution >= 0.6 is 23.2 Å². The maximum atomic E-state index is 14.2. The number of halogens is 6. The number of rotatable bonds is 3. The van der Waals surface area contributed by atoms with E-state index in [-0.39, 0.29) is 16.7 Å². The lowest BCUT2D eigenvalue weighted by atomic mass is 9.74. The molecule has 1 fully saturated rings. The molecule has 0 radical (unpaired) electrons. The third-order valence-corrected chi connectivity index (χ3v) is 6.59. The Balaban J connectivity index is 2.37. The monoisotopic (exact) mass is 529 g/mol. The van der Waals surface area contributed by atoms with E-state index in [9.17, 15) is 27.2 Å². The van der Waals surface area contributed by atoms with Gasteiger partial charge in [0.1, 0.15) is 11.7 Å². The highest BCUT2D eigenvalue weighted by atomic mass is 35.5. The molecule has 0 aromatic heterocycles. The quantitative estimate of drug-likeness (QED) is 0.404. The zero-order chi connectivity index (χ0) is 26.5. The fourth-order valence-corrected chi connectivity index (χ4v) is 4.89. The van der Waals surface area contributed by atoms with Crippen LogP contribution in [-0.4, -0.2) is 34.6 Å². The molecule has 0 bridgehead atoms. The molecule has 1 unspecified atom stereocenters. The minimum Gasteiger partial charge on any atom is -0.333 e. The lowest BCUT2D eigenvalue weighted by Gasteiger charge is -2.44. The number of hydrogen-bond donors (Lipinski definition) is 1. The molecule has 5 nitrogen and oxygen atoms in total. The molecular weight excluding hydrogens is 509 g/mol. The molecule has 1 heterocycles. The van der Waals surface area contributed by atoms with Crippen molar-refractivity contribution in [3.63, 3.8) is 0 Å². The van der Waals surface area contributed by atoms with Crippen LogP contribution in [0, 0.1) is 22.6 Å². The summed E-state index contributed by atoms with van der Waals surface area (Å²) in [7, 11) is 0. The Labute approximate surface area is 209 Å². The standard InChI is InChI=1S/C24H21Cl2F4N3O2/c1-22(2,3)19-32-20(34)23(4,33(19)21(35)24(28,29)30)17(13-7-5-12(11-31)6-8-13)14-9-15(25)18(27)16(26)10-14/h5-10,17,19H,1-4H3,(H,32,34)/t17?,19-,23-/m1/s1. The largest absolute Gasteiger partial charge is 0.471 e. The molecule has 0 aliphatic carbocycles. The van der Waals surface area contributed by atoms with Crippen LogP contribution in [0.15, 0.2) is 36.4 Å². The number of nitrogens with zero attached hydrogens (tertiary/aromatic N) is 2. The predicted octanol–water partition coefficient (Wildman–Crippen LogP) is 5.79. The number of nitriles is 1. The molecule has 3 rings (SSSR count). The normalized spacial score (nSPS) is 21.5. The zero-order valence-electron chi connectivity index (χ0n) is 19.1. The van der Waals surface area contributed by atoms with Gasteiger partial charge in [0, 0.05) is 11.3 Å². The van der Waals surface area contributed by atoms with Crippen LogP contribution in [0.2, 0.25) is 10.0 Å². The van der Waals surface area contributed by atoms with Crippen LogP contribution in [0.4, 0.5) is 17.6 Å². The van der Waals surface area contributed by atoms with Gasteiger partial charge in [-0.15, -0.1) is 0 Å². The van der Waals surface area contributed by atoms with E-state index in [1.807, 2.05) is 6.07 Å². The van der Waals surface area contributed by atoms with Crippen LogP contribution in [0.5, 0.6) is 0 Å². The number of amides is 2. The first kappa shape index (κ1) is 26.8. The molecule has 0 saturated carbocycles. The fourth-order valence-electron chi connectivity index (χ4n) is 4.38. The summed E-state index contributed by atoms with van der Waals surface area (Å²) in [5.41, 5.74) is -2.46. The molecule has 2 aromatic carbocycles. The van der Waals surface area contributed by atoms with Crippen molar-refractivity contribution in [3.05, 3.63) is 69.0 Å². The number of benzene rings is 2. The number of carbonyl (C=O) groups excluding carboxylic acids is 2. The second-order valence-electron chi connectivity index (χ2n) is 9.53. The molecule has 35 heavy (non-hydrogen) atoms. The SMILES string of the molecule is CC(C)(C)[C@@H]1NC(=O)[C@@](C)(C(c2ccc(C#N)cc2)c2cc(Cl)c(F)c(Cl)c2)N1C(=O)C(F)(F)F. The third-order valence-electron chi connectivity index (χ3n) is 6.04. The summed E-state index contributed by atoms with van der Waals surface area (Å²) < 4.78 is 55.7. The minimum atomic E-state index is -5.29. The fraction of sp³-hybridized carbons (Fsp3) is 0.375. The molecule has 186 valence electrons. The Morgan fingerprint density at radius 3 is 2.06 bits per heavy atom. The van der Waals surface area contributed by atoms with Crippen molar-refractivity contribution in [3.8, 4) is 6.07 Å². The molecule has 1 aliphatic rings. The Morgan fingerprint density at radius 1 is 1.11 bits per heavy atom. The van der Waals surface area contributed by atoms with Gasteiger partial charge >= 0.3 is 12.1 Å². The van der Waals surface area contributed by atoms with Crippen molar-refractivity contribution in [1.82, 2.24) is 10.2 Å². The van der Waals surface area contributed by atoms with Gasteiger partial charge < -0.3 is 5.32 Å². The predicted molar refractivity (Wildman–Crippen MR) is 122 cm³/mol. The van der Waals surface area contributed by atoms with Crippen molar-refractivity contribution in [1.29, 1.82) is 5.26 Å². The van der Waals surface area contributed by atoms with Crippen LogP contribution in [0.25, 0.3) is 0 Å². The lowest BCUT2D eigenvalue weighted by Crippen LogP contribution is -2.60. The van der Waals surface area contributed by atoms with Crippen LogP contribution in [0.3, 0.4) is 0 Å². The molecule has 0 spiro atoms. The van der Waals surface area contributed by atoms with Gasteiger partial charge in [0.15, 0.2) is 5.82 Å². The molecule has 3 atom stereocenters. The summed E-state index contributed by atoms with van der Waals surface area (Å²) >= 11 is 12.0. The maximum absolute atomic E-state index is 14.2. The zero-order valence-corrected chi connectivity index (χ0v) is 20.6. The summed E-state index contributed by atoms with van der Waals surface area (Å²) in [6.45, 7) is 5.97. The third kappa shape index (κ3) is 4.69. The highest BCUT2D eigenvalue weighted by Gasteiger charge is 2.63. The molecular formula is C24H21Cl2F4N3O2. The van der Waals surface area contributed by atoms with E-state index >= 15 is 0 Å². The van der Waals surface area contributed by atoms with Gasteiger partial charge in [-0.05, 0) is 42.3 Å². The van der Waals surface area contributed by atoms with Gasteiger partial charge in [0.05, 0.1) is 21.7 Å². The summed E-state index contributed by atoms with van der Waals surface area (Å²) in [6.07, 6.45) is -6.61. The van der Waals surface area contributed by atoms with Crippen molar-refractivity contribution in [2.75, 3.05) is 0 Å². The van der Waals surface area contributed by atoms with Gasteiger partial charge in [0.2, 0.25) is 5.91 Å². The highest BCUT2D eigenvalue weighted by molar-refractivity contribution is 6.35. The van der Waals surface area contributed by atoms with E-state index in [0.29, 0.717) is 4.90 Å². The van der Waals surface area contributed by atoms with E-state index in [2.05, 4.69) is 5.32 Å². The van der Waals surface area contributed by atoms with Gasteiger partial charge in [-0.3, -0.25) is 14.5 Å². The van der Waals surface area contributed by atoms with Gasteiger partial charge in [-0.1, -0.05) is 56.1 Å². The molecule has 11 heteroatoms. The van der Waals surface area contributed by atoms with Crippen molar-refractivity contribution >= 4 is 35.0 Å². The second-order valence-corrected chi connectivity index (χ2v) is 10.3. The molecule has 1 saturated heterocycles. The average molecular weight is 530 g/mol. The summed E-state index contributed by atoms with van der Waals surface area (Å²) in [5.74, 6) is -5.26. The van der Waals surface area contributed by atoms with Crippen molar-refractivity contribution in [2.45, 2.75) is 51.5 Å². The summed E-state index contributed by atoms with van der Waals surface area (Å²) in [5, 5.41) is 10.9. The molecule has 2 aromatic rings. The van der Waals surface area contributed by atoms with Crippen LogP contribution in [-0.2, 0) is 9.59 Å². The van der Waals surface area contributed by atoms with Gasteiger partial charge in [-0.25, -0.2) is 4.39 Å². The smallest absolute Gasteiger partial charge is 0.333 e. The highest BCUT2D eigenvalue weighted by Crippen LogP contribution is 2.48. The molecule has 1 aliphatic heterocycles. The van der Waals surface area contributed by atoms with Crippen molar-refractivity contribution in [2.24, 2.45) is 5.41 Å². The van der Waals surface area contributed by atoms with E-state index in [4.69, 9.17) is 28.5 Å². The molecule has 2 amide bonds. The first-order valence-electron chi connectivity index (χ1n) is 10.4. The number of alkyl halides is 3. The van der Waals surface area contributed by atoms with Crippen molar-refractivity contribution < 1.29 is 27.2 Å². The number of carbonyl (C=O) groups is 2. The van der Waals surface area contributed by atoms with Gasteiger partial charge in [-0.2, -0.15) is 18.4 Å². The van der Waals surface area contributed by atoms with E-state index < -0.39 is 56.9 Å². The Hall–Kier alpha value is -2.83. The van der Waals surface area contributed by atoms with E-state index in [0.717, 1.165) is 12.1 Å². The van der Waals surface area contributed by atoms with Crippen LogP contribution < -0.4 is 5.32 Å². The summed E-state index contributed by atoms with van der Waals surface area (Å²) in [4.78, 5) is 26.8. The summed E-state index contributed by atoms with van der Waals surface area (Å²) in [6, 6.07) is 9.99. The first-order valence-corrected chi connectivity index (χ1v) is 11.1. The number of hydrogen-bond acceptors (Lipinski definition) is 3. The van der Waals surface area contributed by atoms with E-state index in [1.54, 1.807) is 20.8 Å². The second kappa shape index (κ2) is 8.99. The van der Waals surface area contributed by atoms with E-state index in [1.165, 1.54) is 31.2 Å². The minimum absolute atomic E-state index is 0.110. The maximum Gasteiger partial charge on any atom is 0.471 e. The Bertz CT molecular complexity index is 1200. The Kier molecular flexibility index (Phi) is 6.88. The topological polar surface area (TPSA) is 73.2 Å². The van der Waals surface area contributed by atoms with Gasteiger partial charge in [0.25, 0.3) is 0 Å². The Morgan fingerprint density at radius 2 is 1.63 bits per heavy atom. The van der Waals surface area contributed by atoms with Crippen LogP contribution in [0.1, 0.15) is 50.3 Å². The number of nitrogens with one attached hydrogen (secondary N) is 1. The average Bonchev–Trinajstić information content (AvgIpc) is 3.02.